The molecule has 1 nitrogen and oxygen atoms in total. The molecule has 0 spiro atoms. The lowest BCUT2D eigenvalue weighted by molar-refractivity contribution is -0.118. The Morgan fingerprint density at radius 2 is 1.75 bits per heavy atom. The summed E-state index contributed by atoms with van der Waals surface area (Å²) in [4.78, 5) is 11.1. The van der Waals surface area contributed by atoms with Gasteiger partial charge < -0.3 is 0 Å². The summed E-state index contributed by atoms with van der Waals surface area (Å²) in [7, 11) is 0. The predicted molar refractivity (Wildman–Crippen MR) is 51.0 cm³/mol. The number of carbonyl (C=O) groups is 1. The first kappa shape index (κ1) is 9.50. The first-order valence-electron chi connectivity index (χ1n) is 4.62. The minimum Gasteiger partial charge on any atom is -0.299 e. The zero-order chi connectivity index (χ0) is 9.35. The predicted octanol–water partition coefficient (Wildman–Crippen LogP) is 3.10. The van der Waals surface area contributed by atoms with E-state index in [2.05, 4.69) is 27.7 Å². The molecule has 0 N–H and O–H groups in total. The van der Waals surface area contributed by atoms with E-state index in [1.54, 1.807) is 0 Å². The van der Waals surface area contributed by atoms with Gasteiger partial charge in [-0.2, -0.15) is 0 Å². The van der Waals surface area contributed by atoms with Gasteiger partial charge >= 0.3 is 0 Å². The molecular formula is C11H18O. The zero-order valence-electron chi connectivity index (χ0n) is 8.53. The van der Waals surface area contributed by atoms with Crippen LogP contribution < -0.4 is 0 Å². The largest absolute Gasteiger partial charge is 0.299 e. The summed E-state index contributed by atoms with van der Waals surface area (Å²) in [5.74, 6) is 0.403. The third kappa shape index (κ3) is 1.96. The van der Waals surface area contributed by atoms with Crippen LogP contribution in [0, 0.1) is 5.41 Å². The highest BCUT2D eigenvalue weighted by atomic mass is 16.1. The molecule has 1 aliphatic rings. The van der Waals surface area contributed by atoms with Crippen molar-refractivity contribution in [2.45, 2.75) is 47.0 Å². The quantitative estimate of drug-likeness (QED) is 0.505. The molecule has 0 heterocycles. The number of hydrogen-bond donors (Lipinski definition) is 0. The fraction of sp³-hybridized carbons (Fsp3) is 0.727. The minimum absolute atomic E-state index is 0.255. The van der Waals surface area contributed by atoms with Crippen molar-refractivity contribution < 1.29 is 4.79 Å². The van der Waals surface area contributed by atoms with Gasteiger partial charge in [0.15, 0.2) is 0 Å². The molecule has 12 heavy (non-hydrogen) atoms. The minimum atomic E-state index is 0.255. The number of hydrogen-bond acceptors (Lipinski definition) is 1. The van der Waals surface area contributed by atoms with Gasteiger partial charge in [0, 0.05) is 12.8 Å². The number of carbonyl (C=O) groups excluding carboxylic acids is 1. The second kappa shape index (κ2) is 3.04. The summed E-state index contributed by atoms with van der Waals surface area (Å²) in [6.07, 6.45) is 2.42. The molecule has 0 radical (unpaired) electrons. The summed E-state index contributed by atoms with van der Waals surface area (Å²) in [5.41, 5.74) is 3.05. The maximum Gasteiger partial charge on any atom is 0.137 e. The second-order valence-electron chi connectivity index (χ2n) is 4.72. The standard InChI is InChI=1S/C11H18O/c1-8-7-9(12)5-6-10(8)11(2,3)4/h5-7H2,1-4H3. The van der Waals surface area contributed by atoms with Crippen molar-refractivity contribution in [1.29, 1.82) is 0 Å². The molecule has 1 rings (SSSR count). The Balaban J connectivity index is 2.90. The van der Waals surface area contributed by atoms with E-state index >= 15 is 0 Å². The Bertz CT molecular complexity index is 228. The van der Waals surface area contributed by atoms with Crippen LogP contribution in [0.5, 0.6) is 0 Å². The maximum absolute atomic E-state index is 11.1. The SMILES string of the molecule is CC1=C(C(C)(C)C)CCC(=O)C1. The molecule has 0 unspecified atom stereocenters. The smallest absolute Gasteiger partial charge is 0.137 e. The first-order valence-corrected chi connectivity index (χ1v) is 4.62. The number of allylic oxidation sites excluding steroid dienone is 2. The van der Waals surface area contributed by atoms with Gasteiger partial charge in [-0.3, -0.25) is 4.79 Å². The van der Waals surface area contributed by atoms with E-state index in [0.717, 1.165) is 12.8 Å². The fourth-order valence-corrected chi connectivity index (χ4v) is 1.98. The normalized spacial score (nSPS) is 20.2. The van der Waals surface area contributed by atoms with Gasteiger partial charge in [-0.15, -0.1) is 0 Å². The topological polar surface area (TPSA) is 17.1 Å². The molecule has 0 bridgehead atoms. The molecule has 0 aromatic carbocycles. The third-order valence-corrected chi connectivity index (χ3v) is 2.54. The van der Waals surface area contributed by atoms with Crippen LogP contribution in [0.15, 0.2) is 11.1 Å². The number of rotatable bonds is 0. The van der Waals surface area contributed by atoms with Crippen LogP contribution in [-0.4, -0.2) is 5.78 Å². The van der Waals surface area contributed by atoms with Gasteiger partial charge in [-0.25, -0.2) is 0 Å². The van der Waals surface area contributed by atoms with Crippen molar-refractivity contribution in [2.24, 2.45) is 5.41 Å². The molecule has 0 aromatic heterocycles. The molecular weight excluding hydrogens is 148 g/mol. The highest BCUT2D eigenvalue weighted by molar-refractivity contribution is 5.82. The molecule has 68 valence electrons. The zero-order valence-corrected chi connectivity index (χ0v) is 8.53. The second-order valence-corrected chi connectivity index (χ2v) is 4.72. The summed E-state index contributed by atoms with van der Waals surface area (Å²) in [6, 6.07) is 0. The van der Waals surface area contributed by atoms with Crippen LogP contribution in [0.1, 0.15) is 47.0 Å². The van der Waals surface area contributed by atoms with Crippen LogP contribution in [0.3, 0.4) is 0 Å². The Morgan fingerprint density at radius 3 is 2.17 bits per heavy atom. The molecule has 0 saturated carbocycles. The van der Waals surface area contributed by atoms with Crippen LogP contribution in [0.4, 0.5) is 0 Å². The Morgan fingerprint density at radius 1 is 1.17 bits per heavy atom. The summed E-state index contributed by atoms with van der Waals surface area (Å²) < 4.78 is 0. The van der Waals surface area contributed by atoms with E-state index in [0.29, 0.717) is 12.2 Å². The van der Waals surface area contributed by atoms with E-state index in [1.807, 2.05) is 0 Å². The molecule has 1 aliphatic carbocycles. The molecule has 0 fully saturated rings. The number of Topliss-reactive ketones (excluding diaryl/α,β-unsaturated/α-hetero) is 1. The average molecular weight is 166 g/mol. The molecule has 0 amide bonds. The van der Waals surface area contributed by atoms with Crippen LogP contribution in [0.2, 0.25) is 0 Å². The first-order chi connectivity index (χ1) is 5.41. The van der Waals surface area contributed by atoms with Crippen molar-refractivity contribution in [2.75, 3.05) is 0 Å². The van der Waals surface area contributed by atoms with Crippen molar-refractivity contribution >= 4 is 5.78 Å². The van der Waals surface area contributed by atoms with Crippen molar-refractivity contribution in [3.05, 3.63) is 11.1 Å². The molecule has 0 aliphatic heterocycles. The van der Waals surface area contributed by atoms with E-state index in [4.69, 9.17) is 0 Å². The van der Waals surface area contributed by atoms with E-state index in [-0.39, 0.29) is 5.41 Å². The average Bonchev–Trinajstić information content (AvgIpc) is 1.83. The van der Waals surface area contributed by atoms with E-state index in [1.165, 1.54) is 11.1 Å². The molecule has 0 atom stereocenters. The van der Waals surface area contributed by atoms with Crippen LogP contribution in [-0.2, 0) is 4.79 Å². The van der Waals surface area contributed by atoms with Crippen molar-refractivity contribution in [1.82, 2.24) is 0 Å². The lowest BCUT2D eigenvalue weighted by atomic mass is 9.77. The molecule has 0 aromatic rings. The van der Waals surface area contributed by atoms with E-state index < -0.39 is 0 Å². The Kier molecular flexibility index (Phi) is 2.41. The number of ketones is 1. The van der Waals surface area contributed by atoms with Gasteiger partial charge in [-0.1, -0.05) is 31.9 Å². The summed E-state index contributed by atoms with van der Waals surface area (Å²) in [5, 5.41) is 0. The summed E-state index contributed by atoms with van der Waals surface area (Å²) in [6.45, 7) is 8.77. The van der Waals surface area contributed by atoms with Crippen molar-refractivity contribution in [3.63, 3.8) is 0 Å². The highest BCUT2D eigenvalue weighted by Crippen LogP contribution is 2.35. The lowest BCUT2D eigenvalue weighted by Gasteiger charge is -2.28. The van der Waals surface area contributed by atoms with Crippen molar-refractivity contribution in [3.8, 4) is 0 Å². The van der Waals surface area contributed by atoms with Crippen LogP contribution in [0.25, 0.3) is 0 Å². The highest BCUT2D eigenvalue weighted by Gasteiger charge is 2.24. The van der Waals surface area contributed by atoms with E-state index in [9.17, 15) is 4.79 Å². The van der Waals surface area contributed by atoms with Gasteiger partial charge in [0.25, 0.3) is 0 Å². The maximum atomic E-state index is 11.1. The monoisotopic (exact) mass is 166 g/mol. The molecule has 1 heteroatoms. The lowest BCUT2D eigenvalue weighted by Crippen LogP contribution is -2.18. The summed E-state index contributed by atoms with van der Waals surface area (Å²) >= 11 is 0. The third-order valence-electron chi connectivity index (χ3n) is 2.54. The van der Waals surface area contributed by atoms with Gasteiger partial charge in [-0.05, 0) is 18.8 Å². The van der Waals surface area contributed by atoms with Gasteiger partial charge in [0.2, 0.25) is 0 Å². The van der Waals surface area contributed by atoms with Gasteiger partial charge in [0.1, 0.15) is 5.78 Å². The fourth-order valence-electron chi connectivity index (χ4n) is 1.98. The van der Waals surface area contributed by atoms with Gasteiger partial charge in [0.05, 0.1) is 0 Å². The molecule has 0 saturated heterocycles. The Hall–Kier alpha value is -0.590. The Labute approximate surface area is 74.9 Å². The van der Waals surface area contributed by atoms with Crippen LogP contribution >= 0.6 is 0 Å².